The van der Waals surface area contributed by atoms with Gasteiger partial charge in [0.1, 0.15) is 17.4 Å². The van der Waals surface area contributed by atoms with E-state index in [2.05, 4.69) is 31.8 Å². The first kappa shape index (κ1) is 21.9. The molecule has 1 heterocycles. The van der Waals surface area contributed by atoms with E-state index in [0.717, 1.165) is 65.8 Å². The molecular formula is C26H32F2N2O. The van der Waals surface area contributed by atoms with Crippen LogP contribution < -0.4 is 10.5 Å². The smallest absolute Gasteiger partial charge is 0.126 e. The molecule has 1 aromatic carbocycles. The SMILES string of the molecule is CCC(N)[C@]1(C2C=C(F)C=C(F)C2)CC[C@H](Oc2c(C)cc3cnccc3c2C)CC1. The molecule has 2 aromatic rings. The second-order valence-corrected chi connectivity index (χ2v) is 9.26. The molecule has 2 unspecified atom stereocenters. The van der Waals surface area contributed by atoms with Gasteiger partial charge in [0.15, 0.2) is 0 Å². The van der Waals surface area contributed by atoms with E-state index in [4.69, 9.17) is 10.5 Å². The van der Waals surface area contributed by atoms with Crippen molar-refractivity contribution in [1.82, 2.24) is 4.98 Å². The van der Waals surface area contributed by atoms with Gasteiger partial charge in [-0.15, -0.1) is 0 Å². The summed E-state index contributed by atoms with van der Waals surface area (Å²) in [6.07, 6.45) is 10.7. The molecule has 0 spiro atoms. The summed E-state index contributed by atoms with van der Waals surface area (Å²) in [6.45, 7) is 6.22. The van der Waals surface area contributed by atoms with E-state index in [1.807, 2.05) is 12.3 Å². The number of nitrogens with zero attached hydrogens (tertiary/aromatic N) is 1. The lowest BCUT2D eigenvalue weighted by Gasteiger charge is -2.48. The number of benzene rings is 1. The minimum Gasteiger partial charge on any atom is -0.490 e. The monoisotopic (exact) mass is 426 g/mol. The molecule has 2 aliphatic carbocycles. The van der Waals surface area contributed by atoms with Gasteiger partial charge in [-0.2, -0.15) is 0 Å². The van der Waals surface area contributed by atoms with Gasteiger partial charge in [-0.1, -0.05) is 6.92 Å². The molecule has 4 rings (SSSR count). The van der Waals surface area contributed by atoms with E-state index in [-0.39, 0.29) is 35.7 Å². The Bertz CT molecular complexity index is 1020. The fourth-order valence-corrected chi connectivity index (χ4v) is 5.68. The van der Waals surface area contributed by atoms with Crippen molar-refractivity contribution in [1.29, 1.82) is 0 Å². The number of fused-ring (bicyclic) bond motifs is 1. The molecule has 1 saturated carbocycles. The number of aryl methyl sites for hydroxylation is 2. The maximum absolute atomic E-state index is 14.1. The second-order valence-electron chi connectivity index (χ2n) is 9.26. The Hall–Kier alpha value is -2.27. The molecule has 0 radical (unpaired) electrons. The highest BCUT2D eigenvalue weighted by atomic mass is 19.1. The fourth-order valence-electron chi connectivity index (χ4n) is 5.68. The van der Waals surface area contributed by atoms with Crippen molar-refractivity contribution in [2.45, 2.75) is 71.4 Å². The summed E-state index contributed by atoms with van der Waals surface area (Å²) < 4.78 is 34.6. The maximum atomic E-state index is 14.1. The van der Waals surface area contributed by atoms with Crippen molar-refractivity contribution < 1.29 is 13.5 Å². The van der Waals surface area contributed by atoms with Gasteiger partial charge < -0.3 is 10.5 Å². The zero-order chi connectivity index (χ0) is 22.2. The molecule has 2 N–H and O–H groups in total. The Kier molecular flexibility index (Phi) is 6.16. The number of hydrogen-bond donors (Lipinski definition) is 1. The summed E-state index contributed by atoms with van der Waals surface area (Å²) in [5.41, 5.74) is 8.51. The van der Waals surface area contributed by atoms with Gasteiger partial charge in [0, 0.05) is 36.3 Å². The van der Waals surface area contributed by atoms with Crippen LogP contribution in [0, 0.1) is 25.2 Å². The third kappa shape index (κ3) is 4.12. The molecule has 2 aliphatic rings. The maximum Gasteiger partial charge on any atom is 0.126 e. The van der Waals surface area contributed by atoms with Gasteiger partial charge in [-0.3, -0.25) is 4.98 Å². The topological polar surface area (TPSA) is 48.1 Å². The third-order valence-corrected chi connectivity index (χ3v) is 7.46. The molecule has 0 aliphatic heterocycles. The summed E-state index contributed by atoms with van der Waals surface area (Å²) >= 11 is 0. The van der Waals surface area contributed by atoms with Crippen molar-refractivity contribution in [2.75, 3.05) is 0 Å². The van der Waals surface area contributed by atoms with Crippen LogP contribution >= 0.6 is 0 Å². The molecular weight excluding hydrogens is 394 g/mol. The molecule has 2 atom stereocenters. The van der Waals surface area contributed by atoms with Crippen LogP contribution in [0.1, 0.15) is 56.6 Å². The van der Waals surface area contributed by atoms with Crippen molar-refractivity contribution in [3.05, 3.63) is 59.5 Å². The minimum absolute atomic E-state index is 0.0756. The molecule has 5 heteroatoms. The average molecular weight is 427 g/mol. The van der Waals surface area contributed by atoms with Crippen molar-refractivity contribution in [3.8, 4) is 5.75 Å². The lowest BCUT2D eigenvalue weighted by Crippen LogP contribution is -2.50. The number of allylic oxidation sites excluding steroid dienone is 4. The minimum atomic E-state index is -0.480. The van der Waals surface area contributed by atoms with Crippen LogP contribution in [-0.4, -0.2) is 17.1 Å². The second kappa shape index (κ2) is 8.70. The number of halogens is 2. The summed E-state index contributed by atoms with van der Waals surface area (Å²) in [4.78, 5) is 4.22. The zero-order valence-corrected chi connectivity index (χ0v) is 18.6. The van der Waals surface area contributed by atoms with E-state index in [0.29, 0.717) is 0 Å². The molecule has 1 fully saturated rings. The Morgan fingerprint density at radius 1 is 1.26 bits per heavy atom. The van der Waals surface area contributed by atoms with Gasteiger partial charge in [-0.05, 0) is 92.0 Å². The summed E-state index contributed by atoms with van der Waals surface area (Å²) in [5, 5.41) is 2.27. The molecule has 166 valence electrons. The number of rotatable bonds is 5. The quantitative estimate of drug-likeness (QED) is 0.584. The number of hydrogen-bond acceptors (Lipinski definition) is 3. The van der Waals surface area contributed by atoms with E-state index in [1.165, 1.54) is 0 Å². The van der Waals surface area contributed by atoms with Crippen molar-refractivity contribution >= 4 is 10.8 Å². The van der Waals surface area contributed by atoms with Crippen LogP contribution in [0.3, 0.4) is 0 Å². The summed E-state index contributed by atoms with van der Waals surface area (Å²) in [6, 6.07) is 4.05. The normalized spacial score (nSPS) is 27.5. The summed E-state index contributed by atoms with van der Waals surface area (Å²) in [7, 11) is 0. The molecule has 0 saturated heterocycles. The average Bonchev–Trinajstić information content (AvgIpc) is 2.76. The molecule has 1 aromatic heterocycles. The van der Waals surface area contributed by atoms with E-state index < -0.39 is 5.83 Å². The van der Waals surface area contributed by atoms with E-state index >= 15 is 0 Å². The van der Waals surface area contributed by atoms with Crippen LogP contribution in [0.25, 0.3) is 10.8 Å². The van der Waals surface area contributed by atoms with Gasteiger partial charge in [0.25, 0.3) is 0 Å². The first-order valence-corrected chi connectivity index (χ1v) is 11.3. The van der Waals surface area contributed by atoms with Gasteiger partial charge in [0.05, 0.1) is 6.10 Å². The van der Waals surface area contributed by atoms with Crippen molar-refractivity contribution in [2.24, 2.45) is 17.1 Å². The highest BCUT2D eigenvalue weighted by molar-refractivity contribution is 5.87. The van der Waals surface area contributed by atoms with Crippen LogP contribution in [0.2, 0.25) is 0 Å². The first-order chi connectivity index (χ1) is 14.8. The largest absolute Gasteiger partial charge is 0.490 e. The standard InChI is InChI=1S/C26H32F2N2O/c1-4-24(29)26(19-12-20(27)14-21(28)13-19)8-5-22(6-9-26)31-25-16(2)11-18-15-30-10-7-23(18)17(25)3/h7,10-12,14-15,19,22,24H,4-6,8-9,13,29H2,1-3H3/t19?,22-,24?,26+. The van der Waals surface area contributed by atoms with Crippen LogP contribution in [-0.2, 0) is 0 Å². The predicted molar refractivity (Wildman–Crippen MR) is 121 cm³/mol. The zero-order valence-electron chi connectivity index (χ0n) is 18.6. The van der Waals surface area contributed by atoms with E-state index in [1.54, 1.807) is 12.3 Å². The number of pyridine rings is 1. The molecule has 0 amide bonds. The van der Waals surface area contributed by atoms with Crippen LogP contribution in [0.15, 0.2) is 48.3 Å². The van der Waals surface area contributed by atoms with E-state index in [9.17, 15) is 8.78 Å². The fraction of sp³-hybridized carbons (Fsp3) is 0.500. The number of aromatic nitrogens is 1. The van der Waals surface area contributed by atoms with Crippen molar-refractivity contribution in [3.63, 3.8) is 0 Å². The van der Waals surface area contributed by atoms with Crippen LogP contribution in [0.5, 0.6) is 5.75 Å². The Balaban J connectivity index is 1.54. The van der Waals surface area contributed by atoms with Gasteiger partial charge >= 0.3 is 0 Å². The van der Waals surface area contributed by atoms with Gasteiger partial charge in [0.2, 0.25) is 0 Å². The predicted octanol–water partition coefficient (Wildman–Crippen LogP) is 6.62. The summed E-state index contributed by atoms with van der Waals surface area (Å²) in [5.74, 6) is -0.131. The lowest BCUT2D eigenvalue weighted by atomic mass is 9.59. The first-order valence-electron chi connectivity index (χ1n) is 11.3. The molecule has 0 bridgehead atoms. The molecule has 31 heavy (non-hydrogen) atoms. The van der Waals surface area contributed by atoms with Crippen LogP contribution in [0.4, 0.5) is 8.78 Å². The Labute approximate surface area is 183 Å². The van der Waals surface area contributed by atoms with Gasteiger partial charge in [-0.25, -0.2) is 8.78 Å². The highest BCUT2D eigenvalue weighted by Crippen LogP contribution is 2.50. The lowest BCUT2D eigenvalue weighted by molar-refractivity contribution is 0.0260. The number of ether oxygens (including phenoxy) is 1. The third-order valence-electron chi connectivity index (χ3n) is 7.46. The Morgan fingerprint density at radius 2 is 2.00 bits per heavy atom. The highest BCUT2D eigenvalue weighted by Gasteiger charge is 2.46. The Morgan fingerprint density at radius 3 is 2.68 bits per heavy atom. The molecule has 3 nitrogen and oxygen atoms in total. The number of nitrogens with two attached hydrogens (primary N) is 1.